The van der Waals surface area contributed by atoms with Crippen molar-refractivity contribution < 1.29 is 14.3 Å². The predicted molar refractivity (Wildman–Crippen MR) is 85.7 cm³/mol. The maximum atomic E-state index is 11.0. The highest BCUT2D eigenvalue weighted by Gasteiger charge is 2.16. The van der Waals surface area contributed by atoms with E-state index in [1.54, 1.807) is 0 Å². The van der Waals surface area contributed by atoms with E-state index in [1.165, 1.54) is 13.3 Å². The van der Waals surface area contributed by atoms with E-state index in [9.17, 15) is 14.4 Å². The van der Waals surface area contributed by atoms with E-state index in [2.05, 4.69) is 24.9 Å². The van der Waals surface area contributed by atoms with Crippen molar-refractivity contribution in [3.05, 3.63) is 27.1 Å². The molecular formula is C11H10N6O4S2. The molecule has 5 N–H and O–H groups in total. The Morgan fingerprint density at radius 1 is 1.30 bits per heavy atom. The molecule has 0 aliphatic heterocycles. The van der Waals surface area contributed by atoms with Gasteiger partial charge in [0.1, 0.15) is 20.8 Å². The number of nitrogens with two attached hydrogens (primary N) is 2. The number of esters is 1. The summed E-state index contributed by atoms with van der Waals surface area (Å²) >= 11 is 2.09. The molecule has 3 heterocycles. The van der Waals surface area contributed by atoms with Crippen LogP contribution in [0.2, 0.25) is 0 Å². The molecular weight excluding hydrogens is 344 g/mol. The molecule has 3 aromatic heterocycles. The van der Waals surface area contributed by atoms with Crippen molar-refractivity contribution in [1.29, 1.82) is 0 Å². The highest BCUT2D eigenvalue weighted by molar-refractivity contribution is 7.22. The molecule has 0 radical (unpaired) electrons. The molecule has 3 rings (SSSR count). The van der Waals surface area contributed by atoms with Gasteiger partial charge in [0.15, 0.2) is 16.5 Å². The van der Waals surface area contributed by atoms with Crippen LogP contribution in [0.3, 0.4) is 0 Å². The van der Waals surface area contributed by atoms with Gasteiger partial charge < -0.3 is 16.2 Å². The number of carbonyl (C=O) groups is 2. The second-order valence-electron chi connectivity index (χ2n) is 3.84. The van der Waals surface area contributed by atoms with Crippen molar-refractivity contribution in [2.24, 2.45) is 0 Å². The first-order valence-electron chi connectivity index (χ1n) is 5.85. The lowest BCUT2D eigenvalue weighted by molar-refractivity contribution is 0.0603. The highest BCUT2D eigenvalue weighted by atomic mass is 32.1. The van der Waals surface area contributed by atoms with E-state index in [0.29, 0.717) is 21.6 Å². The van der Waals surface area contributed by atoms with Gasteiger partial charge in [0.2, 0.25) is 0 Å². The lowest BCUT2D eigenvalue weighted by atomic mass is 10.4. The van der Waals surface area contributed by atoms with Crippen LogP contribution in [0.5, 0.6) is 0 Å². The molecule has 0 aromatic carbocycles. The van der Waals surface area contributed by atoms with Crippen LogP contribution in [0, 0.1) is 0 Å². The predicted octanol–water partition coefficient (Wildman–Crippen LogP) is 0.286. The number of methoxy groups -OCH3 is 1. The lowest BCUT2D eigenvalue weighted by Gasteiger charge is -1.92. The minimum Gasteiger partial charge on any atom is -0.465 e. The van der Waals surface area contributed by atoms with E-state index in [0.717, 1.165) is 22.7 Å². The van der Waals surface area contributed by atoms with Crippen molar-refractivity contribution in [2.45, 2.75) is 0 Å². The number of nitrogens with zero attached hydrogens (tertiary/aromatic N) is 3. The van der Waals surface area contributed by atoms with Gasteiger partial charge in [-0.05, 0) is 0 Å². The monoisotopic (exact) mass is 354 g/mol. The number of thiazole rings is 2. The van der Waals surface area contributed by atoms with Crippen molar-refractivity contribution in [1.82, 2.24) is 20.2 Å². The first kappa shape index (κ1) is 16.5. The molecule has 0 atom stereocenters. The smallest absolute Gasteiger partial charge is 0.350 e. The van der Waals surface area contributed by atoms with E-state index in [4.69, 9.17) is 11.5 Å². The maximum Gasteiger partial charge on any atom is 0.350 e. The van der Waals surface area contributed by atoms with Crippen LogP contribution >= 0.6 is 22.7 Å². The number of aldehydes is 1. The molecule has 12 heteroatoms. The van der Waals surface area contributed by atoms with Gasteiger partial charge in [-0.15, -0.1) is 0 Å². The van der Waals surface area contributed by atoms with Gasteiger partial charge in [-0.1, -0.05) is 22.7 Å². The van der Waals surface area contributed by atoms with E-state index >= 15 is 0 Å². The molecule has 0 aliphatic rings. The van der Waals surface area contributed by atoms with Gasteiger partial charge in [0.05, 0.1) is 13.3 Å². The average Bonchev–Trinajstić information content (AvgIpc) is 3.10. The Bertz CT molecular complexity index is 915. The van der Waals surface area contributed by atoms with Crippen LogP contribution in [-0.2, 0) is 4.74 Å². The molecule has 120 valence electrons. The summed E-state index contributed by atoms with van der Waals surface area (Å²) in [4.78, 5) is 39.9. The number of hydrogen-bond donors (Lipinski definition) is 3. The molecule has 23 heavy (non-hydrogen) atoms. The summed E-state index contributed by atoms with van der Waals surface area (Å²) in [5, 5.41) is 6.44. The van der Waals surface area contributed by atoms with Crippen molar-refractivity contribution in [3.63, 3.8) is 0 Å². The van der Waals surface area contributed by atoms with Gasteiger partial charge in [0.25, 0.3) is 5.56 Å². The first-order valence-corrected chi connectivity index (χ1v) is 7.49. The van der Waals surface area contributed by atoms with Crippen molar-refractivity contribution in [2.75, 3.05) is 18.6 Å². The summed E-state index contributed by atoms with van der Waals surface area (Å²) in [6.07, 6.45) is 1.95. The number of H-pyrrole nitrogens is 1. The Morgan fingerprint density at radius 2 is 2.00 bits per heavy atom. The fourth-order valence-electron chi connectivity index (χ4n) is 1.47. The Balaban J connectivity index is 0.000000167. The van der Waals surface area contributed by atoms with Crippen LogP contribution in [0.1, 0.15) is 20.2 Å². The minimum absolute atomic E-state index is 0.0318. The Hall–Kier alpha value is -2.86. The quantitative estimate of drug-likeness (QED) is 0.432. The molecule has 3 aromatic rings. The first-order chi connectivity index (χ1) is 11.0. The molecule has 0 amide bonds. The van der Waals surface area contributed by atoms with Crippen LogP contribution in [0.15, 0.2) is 11.0 Å². The van der Waals surface area contributed by atoms with E-state index in [1.807, 2.05) is 0 Å². The van der Waals surface area contributed by atoms with E-state index < -0.39 is 5.97 Å². The normalized spacial score (nSPS) is 9.96. The molecule has 0 bridgehead atoms. The third-order valence-electron chi connectivity index (χ3n) is 2.38. The molecule has 10 nitrogen and oxygen atoms in total. The summed E-state index contributed by atoms with van der Waals surface area (Å²) in [5.41, 5.74) is 11.0. The number of carbonyl (C=O) groups excluding carboxylic acids is 2. The van der Waals surface area contributed by atoms with Crippen LogP contribution in [0.25, 0.3) is 10.2 Å². The lowest BCUT2D eigenvalue weighted by Crippen LogP contribution is -2.04. The number of nitrogens with one attached hydrogen (secondary N) is 1. The number of aromatic amines is 1. The summed E-state index contributed by atoms with van der Waals surface area (Å²) in [7, 11) is 1.23. The SMILES string of the molecule is COC(=O)c1sc(N)nc1C=O.Nc1nc2cn[nH]c(=O)c2s1. The number of rotatable bonds is 2. The van der Waals surface area contributed by atoms with Gasteiger partial charge >= 0.3 is 5.97 Å². The van der Waals surface area contributed by atoms with Gasteiger partial charge in [-0.2, -0.15) is 5.10 Å². The maximum absolute atomic E-state index is 11.0. The zero-order valence-corrected chi connectivity index (χ0v) is 13.2. The number of anilines is 2. The van der Waals surface area contributed by atoms with Crippen LogP contribution < -0.4 is 17.0 Å². The largest absolute Gasteiger partial charge is 0.465 e. The molecule has 0 aliphatic carbocycles. The third-order valence-corrected chi connectivity index (χ3v) is 4.16. The van der Waals surface area contributed by atoms with Crippen LogP contribution in [0.4, 0.5) is 10.3 Å². The Labute approximate surface area is 136 Å². The summed E-state index contributed by atoms with van der Waals surface area (Å²) in [5.74, 6) is -0.591. The zero-order chi connectivity index (χ0) is 17.0. The number of hydrogen-bond acceptors (Lipinski definition) is 11. The third kappa shape index (κ3) is 3.67. The Morgan fingerprint density at radius 3 is 2.61 bits per heavy atom. The number of fused-ring (bicyclic) bond motifs is 1. The van der Waals surface area contributed by atoms with Crippen molar-refractivity contribution in [3.8, 4) is 0 Å². The summed E-state index contributed by atoms with van der Waals surface area (Å²) < 4.78 is 4.93. The van der Waals surface area contributed by atoms with E-state index in [-0.39, 0.29) is 21.3 Å². The van der Waals surface area contributed by atoms with Gasteiger partial charge in [0, 0.05) is 0 Å². The molecule has 0 saturated carbocycles. The topological polar surface area (TPSA) is 167 Å². The minimum atomic E-state index is -0.591. The molecule has 0 spiro atoms. The summed E-state index contributed by atoms with van der Waals surface area (Å²) in [6, 6.07) is 0. The highest BCUT2D eigenvalue weighted by Crippen LogP contribution is 2.19. The van der Waals surface area contributed by atoms with Gasteiger partial charge in [-0.25, -0.2) is 19.9 Å². The fraction of sp³-hybridized carbons (Fsp3) is 0.0909. The molecule has 0 saturated heterocycles. The summed E-state index contributed by atoms with van der Waals surface area (Å²) in [6.45, 7) is 0. The average molecular weight is 354 g/mol. The second-order valence-corrected chi connectivity index (χ2v) is 5.90. The second kappa shape index (κ2) is 6.93. The standard InChI is InChI=1S/C6H6N2O3S.C5H4N4OS/c1-11-5(10)4-3(2-9)8-6(7)12-4;6-5-8-2-1-7-9-4(10)3(2)11-5/h2H,1H3,(H2,7,8);1H,(H2,6,8)(H,9,10). The number of ether oxygens (including phenoxy) is 1. The number of nitrogen functional groups attached to an aromatic ring is 2. The molecule has 0 fully saturated rings. The molecule has 0 unspecified atom stereocenters. The van der Waals surface area contributed by atoms with Gasteiger partial charge in [-0.3, -0.25) is 9.59 Å². The zero-order valence-electron chi connectivity index (χ0n) is 11.6. The van der Waals surface area contributed by atoms with Crippen LogP contribution in [-0.4, -0.2) is 39.5 Å². The Kier molecular flexibility index (Phi) is 4.98. The number of aromatic nitrogens is 4. The fourth-order valence-corrected chi connectivity index (χ4v) is 2.88. The van der Waals surface area contributed by atoms with Crippen molar-refractivity contribution >= 4 is 55.4 Å².